The van der Waals surface area contributed by atoms with Crippen molar-refractivity contribution in [2.45, 2.75) is 24.3 Å². The van der Waals surface area contributed by atoms with Crippen molar-refractivity contribution in [1.29, 1.82) is 0 Å². The van der Waals surface area contributed by atoms with Crippen molar-refractivity contribution >= 4 is 27.5 Å². The first kappa shape index (κ1) is 22.6. The molecular formula is C21H25ClN2O5S. The first-order chi connectivity index (χ1) is 14.4. The van der Waals surface area contributed by atoms with E-state index in [2.05, 4.69) is 5.32 Å². The van der Waals surface area contributed by atoms with Crippen LogP contribution in [0.25, 0.3) is 0 Å². The second-order valence-corrected chi connectivity index (χ2v) is 9.29. The van der Waals surface area contributed by atoms with Gasteiger partial charge in [-0.1, -0.05) is 23.7 Å². The fourth-order valence-electron chi connectivity index (χ4n) is 3.01. The number of morpholine rings is 1. The van der Waals surface area contributed by atoms with Gasteiger partial charge in [-0.15, -0.1) is 0 Å². The lowest BCUT2D eigenvalue weighted by atomic mass is 10.1. The van der Waals surface area contributed by atoms with Crippen LogP contribution >= 0.6 is 11.6 Å². The maximum Gasteiger partial charge on any atom is 0.260 e. The number of halogens is 1. The van der Waals surface area contributed by atoms with E-state index < -0.39 is 16.1 Å². The van der Waals surface area contributed by atoms with E-state index in [9.17, 15) is 13.2 Å². The minimum Gasteiger partial charge on any atom is -0.481 e. The Morgan fingerprint density at radius 2 is 1.77 bits per heavy atom. The summed E-state index contributed by atoms with van der Waals surface area (Å²) in [4.78, 5) is 12.5. The summed E-state index contributed by atoms with van der Waals surface area (Å²) < 4.78 is 37.5. The van der Waals surface area contributed by atoms with Crippen LogP contribution in [-0.2, 0) is 26.0 Å². The zero-order chi connectivity index (χ0) is 21.6. The number of hydrogen-bond acceptors (Lipinski definition) is 5. The molecule has 0 radical (unpaired) electrons. The van der Waals surface area contributed by atoms with Gasteiger partial charge in [0.2, 0.25) is 10.0 Å². The Morgan fingerprint density at radius 3 is 2.40 bits per heavy atom. The van der Waals surface area contributed by atoms with E-state index >= 15 is 0 Å². The van der Waals surface area contributed by atoms with E-state index in [1.165, 1.54) is 4.31 Å². The average Bonchev–Trinajstić information content (AvgIpc) is 2.76. The third kappa shape index (κ3) is 5.95. The summed E-state index contributed by atoms with van der Waals surface area (Å²) in [5.74, 6) is 0.343. The second kappa shape index (κ2) is 10.3. The highest BCUT2D eigenvalue weighted by atomic mass is 35.5. The zero-order valence-corrected chi connectivity index (χ0v) is 18.3. The molecule has 1 aliphatic heterocycles. The molecule has 0 aromatic heterocycles. The maximum atomic E-state index is 12.6. The molecule has 1 fully saturated rings. The van der Waals surface area contributed by atoms with Crippen molar-refractivity contribution in [1.82, 2.24) is 9.62 Å². The van der Waals surface area contributed by atoms with Gasteiger partial charge in [-0.25, -0.2) is 8.42 Å². The fourth-order valence-corrected chi connectivity index (χ4v) is 4.54. The second-order valence-electron chi connectivity index (χ2n) is 6.92. The minimum atomic E-state index is -3.50. The number of hydrogen-bond donors (Lipinski definition) is 1. The highest BCUT2D eigenvalue weighted by Gasteiger charge is 2.26. The van der Waals surface area contributed by atoms with E-state index in [0.29, 0.717) is 50.0 Å². The van der Waals surface area contributed by atoms with Crippen LogP contribution in [0.1, 0.15) is 12.5 Å². The molecule has 9 heteroatoms. The molecular weight excluding hydrogens is 428 g/mol. The summed E-state index contributed by atoms with van der Waals surface area (Å²) in [6, 6.07) is 13.6. The van der Waals surface area contributed by atoms with Crippen molar-refractivity contribution in [3.8, 4) is 5.75 Å². The van der Waals surface area contributed by atoms with E-state index in [1.54, 1.807) is 55.5 Å². The predicted octanol–water partition coefficient (Wildman–Crippen LogP) is 2.49. The summed E-state index contributed by atoms with van der Waals surface area (Å²) in [7, 11) is -3.50. The van der Waals surface area contributed by atoms with Crippen LogP contribution in [0.3, 0.4) is 0 Å². The number of rotatable bonds is 8. The largest absolute Gasteiger partial charge is 0.481 e. The quantitative estimate of drug-likeness (QED) is 0.665. The topological polar surface area (TPSA) is 84.9 Å². The summed E-state index contributed by atoms with van der Waals surface area (Å²) in [5, 5.41) is 3.43. The van der Waals surface area contributed by atoms with Crippen molar-refractivity contribution in [2.75, 3.05) is 32.8 Å². The van der Waals surface area contributed by atoms with E-state index in [0.717, 1.165) is 5.56 Å². The molecule has 2 aromatic rings. The molecule has 1 N–H and O–H groups in total. The summed E-state index contributed by atoms with van der Waals surface area (Å²) in [6.07, 6.45) is -0.0655. The molecule has 162 valence electrons. The average molecular weight is 453 g/mol. The number of nitrogens with zero attached hydrogens (tertiary/aromatic N) is 1. The van der Waals surface area contributed by atoms with Crippen molar-refractivity contribution in [3.63, 3.8) is 0 Å². The lowest BCUT2D eigenvalue weighted by Gasteiger charge is -2.26. The predicted molar refractivity (Wildman–Crippen MR) is 114 cm³/mol. The maximum absolute atomic E-state index is 12.6. The van der Waals surface area contributed by atoms with Gasteiger partial charge in [0.1, 0.15) is 5.75 Å². The van der Waals surface area contributed by atoms with Crippen LogP contribution in [-0.4, -0.2) is 57.6 Å². The normalized spacial score (nSPS) is 16.1. The van der Waals surface area contributed by atoms with Gasteiger partial charge < -0.3 is 14.8 Å². The Kier molecular flexibility index (Phi) is 7.71. The molecule has 1 saturated heterocycles. The third-order valence-electron chi connectivity index (χ3n) is 4.74. The Hall–Kier alpha value is -2.13. The van der Waals surface area contributed by atoms with Gasteiger partial charge in [-0.05, 0) is 55.3 Å². The molecule has 30 heavy (non-hydrogen) atoms. The molecule has 0 saturated carbocycles. The number of ether oxygens (including phenoxy) is 2. The number of amides is 1. The Morgan fingerprint density at radius 1 is 1.13 bits per heavy atom. The summed E-state index contributed by atoms with van der Waals surface area (Å²) in [5.41, 5.74) is 0.933. The first-order valence-corrected chi connectivity index (χ1v) is 11.5. The van der Waals surface area contributed by atoms with Gasteiger partial charge >= 0.3 is 0 Å². The van der Waals surface area contributed by atoms with Gasteiger partial charge in [0.25, 0.3) is 5.91 Å². The summed E-state index contributed by atoms with van der Waals surface area (Å²) >= 11 is 5.84. The van der Waals surface area contributed by atoms with Crippen LogP contribution in [0.15, 0.2) is 53.4 Å². The lowest BCUT2D eigenvalue weighted by Crippen LogP contribution is -2.40. The standard InChI is InChI=1S/C21H25ClN2O5S/c1-16(29-19-6-4-18(22)5-7-19)21(25)23-11-10-17-2-8-20(9-3-17)30(26,27)24-12-14-28-15-13-24/h2-9,16H,10-15H2,1H3,(H,23,25). The monoisotopic (exact) mass is 452 g/mol. The molecule has 1 amide bonds. The Bertz CT molecular complexity index is 942. The van der Waals surface area contributed by atoms with Gasteiger partial charge in [0.05, 0.1) is 18.1 Å². The smallest absolute Gasteiger partial charge is 0.260 e. The molecule has 1 unspecified atom stereocenters. The van der Waals surface area contributed by atoms with E-state index in [1.807, 2.05) is 0 Å². The Labute approximate surface area is 182 Å². The molecule has 1 atom stereocenters. The van der Waals surface area contributed by atoms with Crippen molar-refractivity contribution in [2.24, 2.45) is 0 Å². The number of carbonyl (C=O) groups excluding carboxylic acids is 1. The highest BCUT2D eigenvalue weighted by Crippen LogP contribution is 2.18. The van der Waals surface area contributed by atoms with Crippen molar-refractivity contribution < 1.29 is 22.7 Å². The van der Waals surface area contributed by atoms with Gasteiger partial charge in [0.15, 0.2) is 6.10 Å². The molecule has 3 rings (SSSR count). The zero-order valence-electron chi connectivity index (χ0n) is 16.7. The SMILES string of the molecule is CC(Oc1ccc(Cl)cc1)C(=O)NCCc1ccc(S(=O)(=O)N2CCOCC2)cc1. The lowest BCUT2D eigenvalue weighted by molar-refractivity contribution is -0.127. The molecule has 7 nitrogen and oxygen atoms in total. The Balaban J connectivity index is 1.47. The molecule has 0 bridgehead atoms. The number of sulfonamides is 1. The minimum absolute atomic E-state index is 0.225. The van der Waals surface area contributed by atoms with Gasteiger partial charge in [-0.3, -0.25) is 4.79 Å². The van der Waals surface area contributed by atoms with Crippen molar-refractivity contribution in [3.05, 3.63) is 59.1 Å². The van der Waals surface area contributed by atoms with Crippen LogP contribution in [0, 0.1) is 0 Å². The third-order valence-corrected chi connectivity index (χ3v) is 6.90. The molecule has 0 aliphatic carbocycles. The van der Waals surface area contributed by atoms with Crippen LogP contribution in [0.4, 0.5) is 0 Å². The van der Waals surface area contributed by atoms with Gasteiger partial charge in [0, 0.05) is 24.7 Å². The molecule has 2 aromatic carbocycles. The summed E-state index contributed by atoms with van der Waals surface area (Å²) in [6.45, 7) is 3.66. The number of benzene rings is 2. The first-order valence-electron chi connectivity index (χ1n) is 9.73. The van der Waals surface area contributed by atoms with Crippen LogP contribution in [0.5, 0.6) is 5.75 Å². The van der Waals surface area contributed by atoms with E-state index in [-0.39, 0.29) is 10.8 Å². The fraction of sp³-hybridized carbons (Fsp3) is 0.381. The van der Waals surface area contributed by atoms with Crippen LogP contribution in [0.2, 0.25) is 5.02 Å². The van der Waals surface area contributed by atoms with E-state index in [4.69, 9.17) is 21.1 Å². The molecule has 0 spiro atoms. The number of carbonyl (C=O) groups is 1. The van der Waals surface area contributed by atoms with Crippen LogP contribution < -0.4 is 10.1 Å². The van der Waals surface area contributed by atoms with Gasteiger partial charge in [-0.2, -0.15) is 4.31 Å². The molecule has 1 heterocycles. The molecule has 1 aliphatic rings. The number of nitrogens with one attached hydrogen (secondary N) is 1. The highest BCUT2D eigenvalue weighted by molar-refractivity contribution is 7.89.